The van der Waals surface area contributed by atoms with Crippen LogP contribution in [0.15, 0.2) is 29.2 Å². The van der Waals surface area contributed by atoms with Crippen molar-refractivity contribution >= 4 is 27.2 Å². The van der Waals surface area contributed by atoms with Crippen molar-refractivity contribution in [2.45, 2.75) is 24.3 Å². The van der Waals surface area contributed by atoms with E-state index >= 15 is 0 Å². The molecule has 1 fully saturated rings. The molecule has 1 aliphatic heterocycles. The first kappa shape index (κ1) is 15.4. The zero-order valence-electron chi connectivity index (χ0n) is 11.3. The van der Waals surface area contributed by atoms with Crippen molar-refractivity contribution in [1.82, 2.24) is 4.31 Å². The van der Waals surface area contributed by atoms with E-state index in [2.05, 4.69) is 0 Å². The topological polar surface area (TPSA) is 72.6 Å². The summed E-state index contributed by atoms with van der Waals surface area (Å²) >= 11 is 4.89. The Bertz CT molecular complexity index is 601. The zero-order valence-corrected chi connectivity index (χ0v) is 12.9. The molecular formula is C13H18N2O3S2. The maximum Gasteiger partial charge on any atom is 0.243 e. The summed E-state index contributed by atoms with van der Waals surface area (Å²) in [6.45, 7) is 3.16. The van der Waals surface area contributed by atoms with Crippen LogP contribution in [0.25, 0.3) is 0 Å². The van der Waals surface area contributed by atoms with Gasteiger partial charge >= 0.3 is 0 Å². The van der Waals surface area contributed by atoms with Crippen molar-refractivity contribution < 1.29 is 13.2 Å². The summed E-state index contributed by atoms with van der Waals surface area (Å²) < 4.78 is 32.2. The zero-order chi connectivity index (χ0) is 14.8. The SMILES string of the molecule is CCC1CN(S(=O)(=O)c2cccc(C(N)=S)c2)CCO1. The van der Waals surface area contributed by atoms with Crippen LogP contribution in [-0.2, 0) is 14.8 Å². The number of thiocarbonyl (C=S) groups is 1. The van der Waals surface area contributed by atoms with Crippen molar-refractivity contribution in [3.05, 3.63) is 29.8 Å². The van der Waals surface area contributed by atoms with Gasteiger partial charge in [0.05, 0.1) is 17.6 Å². The Labute approximate surface area is 124 Å². The number of sulfonamides is 1. The summed E-state index contributed by atoms with van der Waals surface area (Å²) in [5.41, 5.74) is 6.11. The third-order valence-electron chi connectivity index (χ3n) is 3.31. The van der Waals surface area contributed by atoms with Gasteiger partial charge in [-0.05, 0) is 18.6 Å². The molecule has 1 aliphatic rings. The minimum Gasteiger partial charge on any atom is -0.389 e. The lowest BCUT2D eigenvalue weighted by Gasteiger charge is -2.31. The molecule has 0 amide bonds. The predicted molar refractivity (Wildman–Crippen MR) is 81.1 cm³/mol. The first-order valence-corrected chi connectivity index (χ1v) is 8.31. The van der Waals surface area contributed by atoms with Gasteiger partial charge in [0.2, 0.25) is 10.0 Å². The molecule has 110 valence electrons. The first-order chi connectivity index (χ1) is 9.45. The minimum absolute atomic E-state index is 0.0442. The molecule has 7 heteroatoms. The molecule has 1 aromatic rings. The van der Waals surface area contributed by atoms with E-state index in [0.717, 1.165) is 6.42 Å². The fraction of sp³-hybridized carbons (Fsp3) is 0.462. The summed E-state index contributed by atoms with van der Waals surface area (Å²) in [5, 5.41) is 0. The number of benzene rings is 1. The largest absolute Gasteiger partial charge is 0.389 e. The van der Waals surface area contributed by atoms with Crippen LogP contribution in [0.1, 0.15) is 18.9 Å². The molecule has 1 aromatic carbocycles. The Kier molecular flexibility index (Phi) is 4.74. The number of hydrogen-bond acceptors (Lipinski definition) is 4. The van der Waals surface area contributed by atoms with Crippen molar-refractivity contribution in [2.24, 2.45) is 5.73 Å². The molecule has 0 radical (unpaired) electrons. The van der Waals surface area contributed by atoms with Gasteiger partial charge < -0.3 is 10.5 Å². The second kappa shape index (κ2) is 6.17. The van der Waals surface area contributed by atoms with Gasteiger partial charge in [-0.2, -0.15) is 4.31 Å². The fourth-order valence-electron chi connectivity index (χ4n) is 2.12. The Hall–Kier alpha value is -1.02. The van der Waals surface area contributed by atoms with Gasteiger partial charge in [0.15, 0.2) is 0 Å². The maximum absolute atomic E-state index is 12.6. The standard InChI is InChI=1S/C13H18N2O3S2/c1-2-11-9-15(6-7-18-11)20(16,17)12-5-3-4-10(8-12)13(14)19/h3-5,8,11H,2,6-7,9H2,1H3,(H2,14,19). The summed E-state index contributed by atoms with van der Waals surface area (Å²) in [6, 6.07) is 6.44. The molecule has 1 atom stereocenters. The summed E-state index contributed by atoms with van der Waals surface area (Å²) in [4.78, 5) is 0.412. The van der Waals surface area contributed by atoms with Crippen LogP contribution >= 0.6 is 12.2 Å². The molecule has 0 aromatic heterocycles. The van der Waals surface area contributed by atoms with Gasteiger partial charge in [-0.25, -0.2) is 8.42 Å². The number of nitrogens with two attached hydrogens (primary N) is 1. The van der Waals surface area contributed by atoms with E-state index in [9.17, 15) is 8.42 Å². The van der Waals surface area contributed by atoms with Gasteiger partial charge in [-0.3, -0.25) is 0 Å². The van der Waals surface area contributed by atoms with Crippen molar-refractivity contribution in [2.75, 3.05) is 19.7 Å². The molecule has 2 rings (SSSR count). The molecule has 0 aliphatic carbocycles. The number of morpholine rings is 1. The fourth-order valence-corrected chi connectivity index (χ4v) is 3.75. The first-order valence-electron chi connectivity index (χ1n) is 6.46. The molecule has 1 unspecified atom stereocenters. The van der Waals surface area contributed by atoms with Crippen LogP contribution in [-0.4, -0.2) is 43.5 Å². The smallest absolute Gasteiger partial charge is 0.243 e. The molecule has 2 N–H and O–H groups in total. The monoisotopic (exact) mass is 314 g/mol. The van der Waals surface area contributed by atoms with Gasteiger partial charge in [-0.1, -0.05) is 31.3 Å². The summed E-state index contributed by atoms with van der Waals surface area (Å²) in [7, 11) is -3.52. The molecular weight excluding hydrogens is 296 g/mol. The average Bonchev–Trinajstić information content (AvgIpc) is 2.47. The van der Waals surface area contributed by atoms with Crippen molar-refractivity contribution in [3.8, 4) is 0 Å². The average molecular weight is 314 g/mol. The minimum atomic E-state index is -3.52. The van der Waals surface area contributed by atoms with E-state index < -0.39 is 10.0 Å². The third-order valence-corrected chi connectivity index (χ3v) is 5.41. The second-order valence-electron chi connectivity index (χ2n) is 4.66. The highest BCUT2D eigenvalue weighted by Gasteiger charge is 2.30. The lowest BCUT2D eigenvalue weighted by Crippen LogP contribution is -2.45. The highest BCUT2D eigenvalue weighted by atomic mass is 32.2. The number of ether oxygens (including phenoxy) is 1. The third kappa shape index (κ3) is 3.17. The van der Waals surface area contributed by atoms with E-state index in [1.165, 1.54) is 10.4 Å². The van der Waals surface area contributed by atoms with Gasteiger partial charge in [0, 0.05) is 18.7 Å². The van der Waals surface area contributed by atoms with Gasteiger partial charge in [-0.15, -0.1) is 0 Å². The van der Waals surface area contributed by atoms with Crippen LogP contribution in [0, 0.1) is 0 Å². The summed E-state index contributed by atoms with van der Waals surface area (Å²) in [6.07, 6.45) is 0.746. The Morgan fingerprint density at radius 1 is 1.55 bits per heavy atom. The molecule has 5 nitrogen and oxygen atoms in total. The summed E-state index contributed by atoms with van der Waals surface area (Å²) in [5.74, 6) is 0. The Morgan fingerprint density at radius 3 is 2.95 bits per heavy atom. The highest BCUT2D eigenvalue weighted by molar-refractivity contribution is 7.89. The molecule has 0 spiro atoms. The molecule has 1 heterocycles. The second-order valence-corrected chi connectivity index (χ2v) is 7.03. The van der Waals surface area contributed by atoms with Crippen LogP contribution in [0.5, 0.6) is 0 Å². The van der Waals surface area contributed by atoms with E-state index in [-0.39, 0.29) is 16.0 Å². The highest BCUT2D eigenvalue weighted by Crippen LogP contribution is 2.20. The van der Waals surface area contributed by atoms with Gasteiger partial charge in [0.25, 0.3) is 0 Å². The van der Waals surface area contributed by atoms with Crippen LogP contribution in [0.2, 0.25) is 0 Å². The van der Waals surface area contributed by atoms with Crippen molar-refractivity contribution in [3.63, 3.8) is 0 Å². The Morgan fingerprint density at radius 2 is 2.30 bits per heavy atom. The molecule has 20 heavy (non-hydrogen) atoms. The lowest BCUT2D eigenvalue weighted by atomic mass is 10.2. The van der Waals surface area contributed by atoms with Gasteiger partial charge in [0.1, 0.15) is 4.99 Å². The Balaban J connectivity index is 2.30. The molecule has 0 bridgehead atoms. The molecule has 0 saturated carbocycles. The quantitative estimate of drug-likeness (QED) is 0.843. The lowest BCUT2D eigenvalue weighted by molar-refractivity contribution is -0.00277. The van der Waals surface area contributed by atoms with E-state index in [1.54, 1.807) is 18.2 Å². The number of nitrogens with zero attached hydrogens (tertiary/aromatic N) is 1. The van der Waals surface area contributed by atoms with E-state index in [0.29, 0.717) is 25.3 Å². The van der Waals surface area contributed by atoms with Crippen LogP contribution < -0.4 is 5.73 Å². The van der Waals surface area contributed by atoms with Crippen molar-refractivity contribution in [1.29, 1.82) is 0 Å². The number of hydrogen-bond donors (Lipinski definition) is 1. The van der Waals surface area contributed by atoms with Crippen LogP contribution in [0.4, 0.5) is 0 Å². The predicted octanol–water partition coefficient (Wildman–Crippen LogP) is 1.12. The number of rotatable bonds is 4. The van der Waals surface area contributed by atoms with Crippen LogP contribution in [0.3, 0.4) is 0 Å². The van der Waals surface area contributed by atoms with E-state index in [4.69, 9.17) is 22.7 Å². The molecule has 1 saturated heterocycles. The maximum atomic E-state index is 12.6. The normalized spacial score (nSPS) is 20.8. The van der Waals surface area contributed by atoms with E-state index in [1.807, 2.05) is 6.92 Å².